The minimum absolute atomic E-state index is 0.149. The molecule has 8 heteroatoms. The largest absolute Gasteiger partial charge is 0.351 e. The van der Waals surface area contributed by atoms with Gasteiger partial charge in [-0.1, -0.05) is 6.07 Å². The smallest absolute Gasteiger partial charge is 0.266 e. The van der Waals surface area contributed by atoms with E-state index in [9.17, 15) is 9.59 Å². The van der Waals surface area contributed by atoms with Gasteiger partial charge >= 0.3 is 0 Å². The minimum Gasteiger partial charge on any atom is -0.351 e. The second kappa shape index (κ2) is 6.72. The first-order chi connectivity index (χ1) is 12.6. The van der Waals surface area contributed by atoms with Crippen molar-refractivity contribution in [2.45, 2.75) is 19.9 Å². The zero-order chi connectivity index (χ0) is 18.1. The normalized spacial score (nSPS) is 11.3. The van der Waals surface area contributed by atoms with E-state index in [0.29, 0.717) is 27.3 Å². The number of hydrogen-bond acceptors (Lipinski definition) is 5. The average Bonchev–Trinajstić information content (AvgIpc) is 3.29. The number of pyridine rings is 1. The lowest BCUT2D eigenvalue weighted by Gasteiger charge is -2.04. The summed E-state index contributed by atoms with van der Waals surface area (Å²) in [5.41, 5.74) is 1.41. The summed E-state index contributed by atoms with van der Waals surface area (Å²) in [6, 6.07) is 5.36. The number of aryl methyl sites for hydroxylation is 2. The number of amides is 1. The lowest BCUT2D eigenvalue weighted by atomic mass is 10.3. The lowest BCUT2D eigenvalue weighted by molar-refractivity contribution is 0.0957. The Kier molecular flexibility index (Phi) is 4.26. The molecule has 132 valence electrons. The summed E-state index contributed by atoms with van der Waals surface area (Å²) in [7, 11) is 0. The van der Waals surface area contributed by atoms with Crippen molar-refractivity contribution in [3.05, 3.63) is 63.9 Å². The van der Waals surface area contributed by atoms with Crippen LogP contribution >= 0.6 is 11.3 Å². The maximum Gasteiger partial charge on any atom is 0.266 e. The number of fused-ring (bicyclic) bond motifs is 2. The fraction of sp³-hybridized carbons (Fsp3) is 0.222. The second-order valence-electron chi connectivity index (χ2n) is 6.09. The highest BCUT2D eigenvalue weighted by atomic mass is 32.1. The fourth-order valence-electron chi connectivity index (χ4n) is 2.79. The van der Waals surface area contributed by atoms with Gasteiger partial charge < -0.3 is 9.88 Å². The van der Waals surface area contributed by atoms with Gasteiger partial charge in [-0.25, -0.2) is 9.97 Å². The van der Waals surface area contributed by atoms with Crippen molar-refractivity contribution >= 4 is 33.1 Å². The van der Waals surface area contributed by atoms with Crippen LogP contribution < -0.4 is 10.9 Å². The third-order valence-corrected chi connectivity index (χ3v) is 5.14. The highest BCUT2D eigenvalue weighted by Crippen LogP contribution is 2.22. The topological polar surface area (TPSA) is 81.3 Å². The van der Waals surface area contributed by atoms with Gasteiger partial charge in [0.05, 0.1) is 16.6 Å². The Balaban J connectivity index is 1.53. The van der Waals surface area contributed by atoms with Crippen LogP contribution in [0.25, 0.3) is 15.9 Å². The molecule has 0 saturated heterocycles. The highest BCUT2D eigenvalue weighted by Gasteiger charge is 2.14. The van der Waals surface area contributed by atoms with Gasteiger partial charge in [0, 0.05) is 31.7 Å². The van der Waals surface area contributed by atoms with E-state index in [1.807, 2.05) is 29.8 Å². The number of aromatic nitrogens is 4. The number of hydrogen-bond donors (Lipinski definition) is 1. The maximum atomic E-state index is 12.7. The number of thiophene rings is 1. The molecule has 0 unspecified atom stereocenters. The van der Waals surface area contributed by atoms with Crippen LogP contribution in [-0.4, -0.2) is 31.4 Å². The quantitative estimate of drug-likeness (QED) is 0.549. The summed E-state index contributed by atoms with van der Waals surface area (Å²) < 4.78 is 3.49. The van der Waals surface area contributed by atoms with Gasteiger partial charge in [0.15, 0.2) is 0 Å². The van der Waals surface area contributed by atoms with Crippen LogP contribution in [0.3, 0.4) is 0 Å². The fourth-order valence-corrected chi connectivity index (χ4v) is 3.73. The van der Waals surface area contributed by atoms with E-state index in [1.54, 1.807) is 24.8 Å². The van der Waals surface area contributed by atoms with E-state index in [4.69, 9.17) is 0 Å². The van der Waals surface area contributed by atoms with Crippen LogP contribution in [0.15, 0.2) is 47.9 Å². The molecule has 0 bridgehead atoms. The number of carbonyl (C=O) groups excluding carboxylic acids is 1. The van der Waals surface area contributed by atoms with Crippen LogP contribution in [0.1, 0.15) is 21.7 Å². The molecule has 0 atom stereocenters. The van der Waals surface area contributed by atoms with E-state index in [0.717, 1.165) is 18.5 Å². The molecule has 7 nitrogen and oxygen atoms in total. The molecule has 0 spiro atoms. The third kappa shape index (κ3) is 3.11. The molecule has 1 N–H and O–H groups in total. The summed E-state index contributed by atoms with van der Waals surface area (Å²) in [6.07, 6.45) is 7.93. The molecule has 0 aliphatic rings. The number of imidazole rings is 1. The van der Waals surface area contributed by atoms with Gasteiger partial charge in [0.1, 0.15) is 10.5 Å². The molecule has 4 heterocycles. The molecule has 4 aromatic rings. The molecule has 0 aliphatic heterocycles. The summed E-state index contributed by atoms with van der Waals surface area (Å²) in [5.74, 6) is -0.178. The Morgan fingerprint density at radius 1 is 1.35 bits per heavy atom. The number of carbonyl (C=O) groups is 1. The molecule has 0 saturated carbocycles. The van der Waals surface area contributed by atoms with Gasteiger partial charge in [0.25, 0.3) is 11.5 Å². The zero-order valence-corrected chi connectivity index (χ0v) is 15.0. The molecule has 0 aromatic carbocycles. The Morgan fingerprint density at radius 3 is 3.04 bits per heavy atom. The molecule has 1 amide bonds. The average molecular weight is 367 g/mol. The molecule has 26 heavy (non-hydrogen) atoms. The van der Waals surface area contributed by atoms with Crippen molar-refractivity contribution in [1.29, 1.82) is 0 Å². The van der Waals surface area contributed by atoms with Crippen molar-refractivity contribution in [2.24, 2.45) is 0 Å². The first kappa shape index (κ1) is 16.5. The van der Waals surface area contributed by atoms with Crippen molar-refractivity contribution in [2.75, 3.05) is 6.54 Å². The molecule has 4 aromatic heterocycles. The van der Waals surface area contributed by atoms with Gasteiger partial charge in [0.2, 0.25) is 0 Å². The Bertz CT molecular complexity index is 1140. The Hall–Kier alpha value is -3.00. The van der Waals surface area contributed by atoms with Gasteiger partial charge in [-0.05, 0) is 31.0 Å². The molecule has 4 rings (SSSR count). The van der Waals surface area contributed by atoms with Crippen LogP contribution in [-0.2, 0) is 6.54 Å². The maximum absolute atomic E-state index is 12.7. The molecular formula is C18H17N5O2S. The predicted octanol–water partition coefficient (Wildman–Crippen LogP) is 2.23. The Labute approximate surface area is 152 Å². The highest BCUT2D eigenvalue weighted by molar-refractivity contribution is 7.20. The second-order valence-corrected chi connectivity index (χ2v) is 7.12. The van der Waals surface area contributed by atoms with E-state index in [1.165, 1.54) is 15.7 Å². The first-order valence-corrected chi connectivity index (χ1v) is 9.10. The summed E-state index contributed by atoms with van der Waals surface area (Å²) in [5, 5.41) is 3.37. The van der Waals surface area contributed by atoms with E-state index in [-0.39, 0.29) is 11.5 Å². The molecule has 0 radical (unpaired) electrons. The van der Waals surface area contributed by atoms with E-state index < -0.39 is 0 Å². The van der Waals surface area contributed by atoms with Crippen molar-refractivity contribution in [3.63, 3.8) is 0 Å². The number of rotatable bonds is 5. The molecule has 0 fully saturated rings. The SMILES string of the molecule is Cc1ccc2nc3sc(C(=O)NCCCn4ccnc4)cc3c(=O)n2c1. The summed E-state index contributed by atoms with van der Waals surface area (Å²) >= 11 is 1.24. The van der Waals surface area contributed by atoms with Gasteiger partial charge in [-0.2, -0.15) is 0 Å². The van der Waals surface area contributed by atoms with Crippen LogP contribution in [0.5, 0.6) is 0 Å². The van der Waals surface area contributed by atoms with Crippen LogP contribution in [0.4, 0.5) is 0 Å². The predicted molar refractivity (Wildman–Crippen MR) is 101 cm³/mol. The van der Waals surface area contributed by atoms with Gasteiger partial charge in [-0.3, -0.25) is 14.0 Å². The van der Waals surface area contributed by atoms with E-state index >= 15 is 0 Å². The first-order valence-electron chi connectivity index (χ1n) is 8.28. The zero-order valence-electron chi connectivity index (χ0n) is 14.2. The number of nitrogens with zero attached hydrogens (tertiary/aromatic N) is 4. The summed E-state index contributed by atoms with van der Waals surface area (Å²) in [6.45, 7) is 3.27. The van der Waals surface area contributed by atoms with Crippen molar-refractivity contribution in [1.82, 2.24) is 24.3 Å². The molecule has 0 aliphatic carbocycles. The van der Waals surface area contributed by atoms with Crippen molar-refractivity contribution < 1.29 is 4.79 Å². The summed E-state index contributed by atoms with van der Waals surface area (Å²) in [4.78, 5) is 34.6. The minimum atomic E-state index is -0.178. The lowest BCUT2D eigenvalue weighted by Crippen LogP contribution is -2.24. The monoisotopic (exact) mass is 367 g/mol. The van der Waals surface area contributed by atoms with Crippen LogP contribution in [0.2, 0.25) is 0 Å². The van der Waals surface area contributed by atoms with E-state index in [2.05, 4.69) is 15.3 Å². The molecular weight excluding hydrogens is 350 g/mol. The Morgan fingerprint density at radius 2 is 2.23 bits per heavy atom. The standard InChI is InChI=1S/C18H17N5O2S/c1-12-3-4-15-21-17-13(18(25)23(15)10-12)9-14(26-17)16(24)20-5-2-7-22-8-6-19-11-22/h3-4,6,8-11H,2,5,7H2,1H3,(H,20,24). The van der Waals surface area contributed by atoms with Crippen molar-refractivity contribution in [3.8, 4) is 0 Å². The number of nitrogens with one attached hydrogen (secondary N) is 1. The third-order valence-electron chi connectivity index (χ3n) is 4.11. The van der Waals surface area contributed by atoms with Crippen LogP contribution in [0, 0.1) is 6.92 Å². The van der Waals surface area contributed by atoms with Gasteiger partial charge in [-0.15, -0.1) is 11.3 Å².